The molecule has 18 heavy (non-hydrogen) atoms. The lowest BCUT2D eigenvalue weighted by Crippen LogP contribution is -2.35. The van der Waals surface area contributed by atoms with Crippen LogP contribution in [0.25, 0.3) is 0 Å². The maximum atomic E-state index is 12.0. The van der Waals surface area contributed by atoms with E-state index in [9.17, 15) is 13.2 Å². The predicted octanol–water partition coefficient (Wildman–Crippen LogP) is 0.931. The number of rotatable bonds is 3. The molecule has 1 aromatic rings. The van der Waals surface area contributed by atoms with Crippen LogP contribution in [0.1, 0.15) is 33.7 Å². The van der Waals surface area contributed by atoms with Crippen molar-refractivity contribution < 1.29 is 13.2 Å². The molecule has 0 bridgehead atoms. The number of sulfone groups is 1. The van der Waals surface area contributed by atoms with Gasteiger partial charge in [-0.15, -0.1) is 11.3 Å². The van der Waals surface area contributed by atoms with Crippen molar-refractivity contribution in [3.63, 3.8) is 0 Å². The van der Waals surface area contributed by atoms with Gasteiger partial charge in [-0.05, 0) is 19.8 Å². The molecule has 1 N–H and O–H groups in total. The lowest BCUT2D eigenvalue weighted by molar-refractivity contribution is 0.0944. The van der Waals surface area contributed by atoms with E-state index < -0.39 is 9.84 Å². The van der Waals surface area contributed by atoms with E-state index >= 15 is 0 Å². The molecular formula is C11H16N2O3S2. The van der Waals surface area contributed by atoms with Crippen molar-refractivity contribution in [2.75, 3.05) is 11.5 Å². The Morgan fingerprint density at radius 1 is 1.56 bits per heavy atom. The fraction of sp³-hybridized carbons (Fsp3) is 0.636. The smallest absolute Gasteiger partial charge is 0.263 e. The molecule has 0 aromatic carbocycles. The molecule has 5 nitrogen and oxygen atoms in total. The third-order valence-corrected chi connectivity index (χ3v) is 5.99. The Balaban J connectivity index is 2.06. The van der Waals surface area contributed by atoms with E-state index in [4.69, 9.17) is 0 Å². The van der Waals surface area contributed by atoms with Crippen LogP contribution in [-0.4, -0.2) is 36.9 Å². The summed E-state index contributed by atoms with van der Waals surface area (Å²) in [4.78, 5) is 16.9. The molecule has 1 amide bonds. The minimum absolute atomic E-state index is 0.0528. The molecule has 1 aromatic heterocycles. The highest BCUT2D eigenvalue weighted by Gasteiger charge is 2.29. The second-order valence-corrected chi connectivity index (χ2v) is 7.76. The molecule has 7 heteroatoms. The Morgan fingerprint density at radius 2 is 2.28 bits per heavy atom. The highest BCUT2D eigenvalue weighted by atomic mass is 32.2. The van der Waals surface area contributed by atoms with Gasteiger partial charge in [0.25, 0.3) is 5.91 Å². The minimum Gasteiger partial charge on any atom is -0.347 e. The summed E-state index contributed by atoms with van der Waals surface area (Å²) in [5.74, 6) is 0.0173. The van der Waals surface area contributed by atoms with Gasteiger partial charge in [-0.2, -0.15) is 0 Å². The summed E-state index contributed by atoms with van der Waals surface area (Å²) >= 11 is 1.38. The molecule has 0 saturated carbocycles. The molecule has 1 fully saturated rings. The summed E-state index contributed by atoms with van der Waals surface area (Å²) in [6, 6.07) is -0.255. The Hall–Kier alpha value is -0.950. The standard InChI is InChI=1S/C11H16N2O3S2/c1-3-9-12-7(2)10(17-9)11(14)13-8-4-5-18(15,16)6-8/h8H,3-6H2,1-2H3,(H,13,14). The summed E-state index contributed by atoms with van der Waals surface area (Å²) in [5.41, 5.74) is 0.718. The lowest BCUT2D eigenvalue weighted by Gasteiger charge is -2.09. The van der Waals surface area contributed by atoms with Gasteiger partial charge in [0.2, 0.25) is 0 Å². The average Bonchev–Trinajstić information content (AvgIpc) is 2.81. The normalized spacial score (nSPS) is 22.0. The zero-order chi connectivity index (χ0) is 13.3. The van der Waals surface area contributed by atoms with Gasteiger partial charge in [-0.3, -0.25) is 4.79 Å². The van der Waals surface area contributed by atoms with E-state index in [-0.39, 0.29) is 23.5 Å². The first-order chi connectivity index (χ1) is 8.41. The van der Waals surface area contributed by atoms with Gasteiger partial charge in [0.15, 0.2) is 9.84 Å². The second kappa shape index (κ2) is 4.97. The number of aryl methyl sites for hydroxylation is 2. The highest BCUT2D eigenvalue weighted by molar-refractivity contribution is 7.91. The summed E-state index contributed by atoms with van der Waals surface area (Å²) in [7, 11) is -2.96. The third-order valence-electron chi connectivity index (χ3n) is 2.92. The number of hydrogen-bond donors (Lipinski definition) is 1. The Bertz CT molecular complexity index is 563. The lowest BCUT2D eigenvalue weighted by atomic mass is 10.2. The van der Waals surface area contributed by atoms with Crippen LogP contribution in [0.5, 0.6) is 0 Å². The molecule has 100 valence electrons. The third kappa shape index (κ3) is 2.89. The van der Waals surface area contributed by atoms with Crippen LogP contribution in [0.3, 0.4) is 0 Å². The van der Waals surface area contributed by atoms with Gasteiger partial charge < -0.3 is 5.32 Å². The molecular weight excluding hydrogens is 272 g/mol. The first-order valence-electron chi connectivity index (χ1n) is 5.89. The Labute approximate surface area is 111 Å². The summed E-state index contributed by atoms with van der Waals surface area (Å²) < 4.78 is 22.6. The number of thiazole rings is 1. The fourth-order valence-corrected chi connectivity index (χ4v) is 4.55. The van der Waals surface area contributed by atoms with E-state index in [0.717, 1.165) is 17.1 Å². The number of nitrogens with one attached hydrogen (secondary N) is 1. The molecule has 0 spiro atoms. The van der Waals surface area contributed by atoms with Crippen molar-refractivity contribution >= 4 is 27.1 Å². The monoisotopic (exact) mass is 288 g/mol. The number of amides is 1. The maximum absolute atomic E-state index is 12.0. The van der Waals surface area contributed by atoms with Crippen molar-refractivity contribution in [3.05, 3.63) is 15.6 Å². The molecule has 0 aliphatic carbocycles. The first-order valence-corrected chi connectivity index (χ1v) is 8.52. The largest absolute Gasteiger partial charge is 0.347 e. The van der Waals surface area contributed by atoms with Crippen molar-refractivity contribution in [2.45, 2.75) is 32.7 Å². The van der Waals surface area contributed by atoms with E-state index in [0.29, 0.717) is 11.3 Å². The van der Waals surface area contributed by atoms with E-state index in [1.807, 2.05) is 6.92 Å². The summed E-state index contributed by atoms with van der Waals surface area (Å²) in [6.07, 6.45) is 1.31. The molecule has 1 saturated heterocycles. The Morgan fingerprint density at radius 3 is 2.78 bits per heavy atom. The topological polar surface area (TPSA) is 76.1 Å². The van der Waals surface area contributed by atoms with Gasteiger partial charge in [0.05, 0.1) is 22.2 Å². The number of nitrogens with zero attached hydrogens (tertiary/aromatic N) is 1. The number of carbonyl (C=O) groups excluding carboxylic acids is 1. The molecule has 1 unspecified atom stereocenters. The van der Waals surface area contributed by atoms with Gasteiger partial charge in [0.1, 0.15) is 4.88 Å². The molecule has 2 rings (SSSR count). The zero-order valence-electron chi connectivity index (χ0n) is 10.4. The minimum atomic E-state index is -2.96. The first kappa shape index (κ1) is 13.5. The molecule has 1 atom stereocenters. The number of hydrogen-bond acceptors (Lipinski definition) is 5. The van der Waals surface area contributed by atoms with Crippen LogP contribution in [0.15, 0.2) is 0 Å². The van der Waals surface area contributed by atoms with Gasteiger partial charge >= 0.3 is 0 Å². The SMILES string of the molecule is CCc1nc(C)c(C(=O)NC2CCS(=O)(=O)C2)s1. The van der Waals surface area contributed by atoms with Gasteiger partial charge in [0, 0.05) is 6.04 Å². The van der Waals surface area contributed by atoms with Crippen molar-refractivity contribution in [2.24, 2.45) is 0 Å². The molecule has 0 radical (unpaired) electrons. The van der Waals surface area contributed by atoms with E-state index in [2.05, 4.69) is 10.3 Å². The molecule has 2 heterocycles. The van der Waals surface area contributed by atoms with E-state index in [1.165, 1.54) is 11.3 Å². The molecule has 1 aliphatic rings. The molecule has 1 aliphatic heterocycles. The van der Waals surface area contributed by atoms with Crippen LogP contribution in [-0.2, 0) is 16.3 Å². The second-order valence-electron chi connectivity index (χ2n) is 4.45. The van der Waals surface area contributed by atoms with Gasteiger partial charge in [-0.1, -0.05) is 6.92 Å². The van der Waals surface area contributed by atoms with Crippen LogP contribution in [0, 0.1) is 6.92 Å². The zero-order valence-corrected chi connectivity index (χ0v) is 12.0. The highest BCUT2D eigenvalue weighted by Crippen LogP contribution is 2.19. The van der Waals surface area contributed by atoms with Crippen LogP contribution < -0.4 is 5.32 Å². The predicted molar refractivity (Wildman–Crippen MR) is 70.8 cm³/mol. The van der Waals surface area contributed by atoms with Crippen LogP contribution in [0.4, 0.5) is 0 Å². The van der Waals surface area contributed by atoms with Crippen molar-refractivity contribution in [3.8, 4) is 0 Å². The van der Waals surface area contributed by atoms with Crippen molar-refractivity contribution in [1.82, 2.24) is 10.3 Å². The van der Waals surface area contributed by atoms with Crippen LogP contribution >= 0.6 is 11.3 Å². The average molecular weight is 288 g/mol. The Kier molecular flexibility index (Phi) is 3.72. The fourth-order valence-electron chi connectivity index (χ4n) is 1.97. The summed E-state index contributed by atoms with van der Waals surface area (Å²) in [6.45, 7) is 3.79. The van der Waals surface area contributed by atoms with E-state index in [1.54, 1.807) is 6.92 Å². The summed E-state index contributed by atoms with van der Waals surface area (Å²) in [5, 5.41) is 3.71. The maximum Gasteiger partial charge on any atom is 0.263 e. The number of aromatic nitrogens is 1. The van der Waals surface area contributed by atoms with Crippen molar-refractivity contribution in [1.29, 1.82) is 0 Å². The van der Waals surface area contributed by atoms with Crippen LogP contribution in [0.2, 0.25) is 0 Å². The quantitative estimate of drug-likeness (QED) is 0.897. The number of carbonyl (C=O) groups is 1. The van der Waals surface area contributed by atoms with Gasteiger partial charge in [-0.25, -0.2) is 13.4 Å².